The molecule has 0 aliphatic rings. The summed E-state index contributed by atoms with van der Waals surface area (Å²) in [6, 6.07) is -0.608. The Morgan fingerprint density at radius 2 is 0.844 bits per heavy atom. The summed E-state index contributed by atoms with van der Waals surface area (Å²) in [5, 5.41) is 6.01. The summed E-state index contributed by atoms with van der Waals surface area (Å²) < 4.78 is 0. The predicted octanol–water partition coefficient (Wildman–Crippen LogP) is 11.4. The molecule has 5 heteroatoms. The summed E-state index contributed by atoms with van der Waals surface area (Å²) in [4.78, 5) is 27.4. The van der Waals surface area contributed by atoms with Gasteiger partial charge in [0.1, 0.15) is 6.04 Å². The molecule has 0 rings (SSSR count). The summed E-state index contributed by atoms with van der Waals surface area (Å²) in [7, 11) is 3.86. The van der Waals surface area contributed by atoms with Gasteiger partial charge in [0, 0.05) is 27.1 Å². The Labute approximate surface area is 281 Å². The van der Waals surface area contributed by atoms with Gasteiger partial charge >= 0.3 is 0 Å². The van der Waals surface area contributed by atoms with Crippen molar-refractivity contribution < 1.29 is 9.59 Å². The van der Waals surface area contributed by atoms with E-state index in [4.69, 9.17) is 0 Å². The van der Waals surface area contributed by atoms with Crippen LogP contribution in [0, 0.1) is 0 Å². The minimum absolute atomic E-state index is 0.0234. The van der Waals surface area contributed by atoms with Crippen molar-refractivity contribution in [2.24, 2.45) is 0 Å². The van der Waals surface area contributed by atoms with Gasteiger partial charge in [-0.15, -0.1) is 0 Å². The average Bonchev–Trinajstić information content (AvgIpc) is 3.02. The van der Waals surface area contributed by atoms with Gasteiger partial charge in [0.25, 0.3) is 0 Å². The number of carbonyl (C=O) groups excluding carboxylic acids is 2. The maximum atomic E-state index is 12.8. The standard InChI is InChI=1S/C40H79N3O2/c1-5-7-9-11-13-15-17-19-21-22-24-26-28-30-32-34-39(44)42-38(35-37-43(3)4)40(45)41-36-33-31-29-27-25-23-20-18-16-14-12-10-8-6-2/h35,37-38H,5-34,36H2,1-4H3,(H,41,45)(H,42,44)/b37-35+. The third-order valence-electron chi connectivity index (χ3n) is 9.01. The number of nitrogens with zero attached hydrogens (tertiary/aromatic N) is 1. The molecule has 0 bridgehead atoms. The molecule has 0 fully saturated rings. The first kappa shape index (κ1) is 43.5. The van der Waals surface area contributed by atoms with Crippen LogP contribution in [0.4, 0.5) is 0 Å². The molecule has 0 aliphatic heterocycles. The van der Waals surface area contributed by atoms with Crippen LogP contribution in [0.3, 0.4) is 0 Å². The fraction of sp³-hybridized carbons (Fsp3) is 0.900. The fourth-order valence-corrected chi connectivity index (χ4v) is 6.00. The van der Waals surface area contributed by atoms with Gasteiger partial charge < -0.3 is 15.5 Å². The fourth-order valence-electron chi connectivity index (χ4n) is 6.00. The van der Waals surface area contributed by atoms with Gasteiger partial charge in [-0.1, -0.05) is 187 Å². The molecule has 1 unspecified atom stereocenters. The summed E-state index contributed by atoms with van der Waals surface area (Å²) >= 11 is 0. The number of carbonyl (C=O) groups is 2. The van der Waals surface area contributed by atoms with E-state index >= 15 is 0 Å². The Bertz CT molecular complexity index is 664. The van der Waals surface area contributed by atoms with Crippen molar-refractivity contribution in [2.45, 2.75) is 213 Å². The minimum atomic E-state index is -0.608. The number of amides is 2. The lowest BCUT2D eigenvalue weighted by Crippen LogP contribution is -2.46. The molecule has 0 aromatic rings. The van der Waals surface area contributed by atoms with Crippen molar-refractivity contribution in [3.63, 3.8) is 0 Å². The largest absolute Gasteiger partial charge is 0.384 e. The van der Waals surface area contributed by atoms with Crippen molar-refractivity contribution in [3.05, 3.63) is 12.3 Å². The highest BCUT2D eigenvalue weighted by Gasteiger charge is 2.17. The van der Waals surface area contributed by atoms with E-state index in [1.54, 1.807) is 6.08 Å². The smallest absolute Gasteiger partial charge is 0.246 e. The molecule has 0 spiro atoms. The summed E-state index contributed by atoms with van der Waals surface area (Å²) in [5.41, 5.74) is 0. The maximum absolute atomic E-state index is 12.8. The Hall–Kier alpha value is -1.52. The van der Waals surface area contributed by atoms with E-state index in [2.05, 4.69) is 24.5 Å². The molecule has 0 aromatic heterocycles. The Morgan fingerprint density at radius 3 is 1.20 bits per heavy atom. The lowest BCUT2D eigenvalue weighted by atomic mass is 10.0. The number of rotatable bonds is 35. The highest BCUT2D eigenvalue weighted by molar-refractivity contribution is 5.89. The van der Waals surface area contributed by atoms with Crippen LogP contribution in [0.2, 0.25) is 0 Å². The first-order chi connectivity index (χ1) is 22.0. The number of nitrogens with one attached hydrogen (secondary N) is 2. The van der Waals surface area contributed by atoms with Crippen LogP contribution in [0.1, 0.15) is 206 Å². The van der Waals surface area contributed by atoms with E-state index in [0.29, 0.717) is 13.0 Å². The molecule has 2 amide bonds. The third kappa shape index (κ3) is 33.7. The number of unbranched alkanes of at least 4 members (excludes halogenated alkanes) is 27. The number of hydrogen-bond acceptors (Lipinski definition) is 3. The van der Waals surface area contributed by atoms with Crippen molar-refractivity contribution in [1.29, 1.82) is 0 Å². The molecular weight excluding hydrogens is 554 g/mol. The van der Waals surface area contributed by atoms with Crippen molar-refractivity contribution in [2.75, 3.05) is 20.6 Å². The van der Waals surface area contributed by atoms with E-state index < -0.39 is 6.04 Å². The zero-order chi connectivity index (χ0) is 33.1. The topological polar surface area (TPSA) is 61.4 Å². The van der Waals surface area contributed by atoms with Crippen LogP contribution < -0.4 is 10.6 Å². The molecular formula is C40H79N3O2. The molecule has 2 N–H and O–H groups in total. The van der Waals surface area contributed by atoms with E-state index in [-0.39, 0.29) is 11.8 Å². The highest BCUT2D eigenvalue weighted by Crippen LogP contribution is 2.15. The van der Waals surface area contributed by atoms with Gasteiger partial charge in [0.2, 0.25) is 11.8 Å². The van der Waals surface area contributed by atoms with Crippen LogP contribution in [0.5, 0.6) is 0 Å². The van der Waals surface area contributed by atoms with Crippen LogP contribution in [0.25, 0.3) is 0 Å². The lowest BCUT2D eigenvalue weighted by molar-refractivity contribution is -0.128. The molecule has 5 nitrogen and oxygen atoms in total. The van der Waals surface area contributed by atoms with Crippen molar-refractivity contribution in [3.8, 4) is 0 Å². The quantitative estimate of drug-likeness (QED) is 0.0683. The zero-order valence-electron chi connectivity index (χ0n) is 30.9. The molecule has 0 aromatic carbocycles. The van der Waals surface area contributed by atoms with Crippen LogP contribution >= 0.6 is 0 Å². The molecule has 0 saturated carbocycles. The normalized spacial score (nSPS) is 12.1. The second-order valence-electron chi connectivity index (χ2n) is 13.9. The molecule has 0 aliphatic carbocycles. The summed E-state index contributed by atoms with van der Waals surface area (Å²) in [6.07, 6.45) is 42.4. The first-order valence-electron chi connectivity index (χ1n) is 19.9. The van der Waals surface area contributed by atoms with Crippen LogP contribution in [0.15, 0.2) is 12.3 Å². The molecule has 45 heavy (non-hydrogen) atoms. The molecule has 0 radical (unpaired) electrons. The van der Waals surface area contributed by atoms with Crippen LogP contribution in [-0.2, 0) is 9.59 Å². The molecule has 0 saturated heterocycles. The average molecular weight is 634 g/mol. The first-order valence-corrected chi connectivity index (χ1v) is 19.9. The highest BCUT2D eigenvalue weighted by atomic mass is 16.2. The lowest BCUT2D eigenvalue weighted by Gasteiger charge is -2.16. The predicted molar refractivity (Wildman–Crippen MR) is 198 cm³/mol. The SMILES string of the molecule is CCCCCCCCCCCCCCCCCC(=O)NC(/C=C/N(C)C)C(=O)NCCCCCCCCCCCCCCCC. The number of hydrogen-bond donors (Lipinski definition) is 2. The van der Waals surface area contributed by atoms with E-state index in [1.807, 2.05) is 25.2 Å². The maximum Gasteiger partial charge on any atom is 0.246 e. The second-order valence-corrected chi connectivity index (χ2v) is 13.9. The Kier molecular flexibility index (Phi) is 34.1. The Balaban J connectivity index is 3.84. The van der Waals surface area contributed by atoms with Crippen LogP contribution in [-0.4, -0.2) is 43.4 Å². The van der Waals surface area contributed by atoms with Crippen molar-refractivity contribution in [1.82, 2.24) is 15.5 Å². The van der Waals surface area contributed by atoms with E-state index in [9.17, 15) is 9.59 Å². The van der Waals surface area contributed by atoms with E-state index in [0.717, 1.165) is 25.7 Å². The van der Waals surface area contributed by atoms with Gasteiger partial charge in [0.15, 0.2) is 0 Å². The Morgan fingerprint density at radius 1 is 0.511 bits per heavy atom. The van der Waals surface area contributed by atoms with E-state index in [1.165, 1.54) is 161 Å². The van der Waals surface area contributed by atoms with Gasteiger partial charge in [-0.2, -0.15) is 0 Å². The minimum Gasteiger partial charge on any atom is -0.384 e. The monoisotopic (exact) mass is 634 g/mol. The molecule has 266 valence electrons. The zero-order valence-corrected chi connectivity index (χ0v) is 30.9. The molecule has 0 heterocycles. The molecule has 1 atom stereocenters. The summed E-state index contributed by atoms with van der Waals surface area (Å²) in [6.45, 7) is 5.24. The van der Waals surface area contributed by atoms with Gasteiger partial charge in [-0.05, 0) is 25.1 Å². The van der Waals surface area contributed by atoms with Gasteiger partial charge in [-0.3, -0.25) is 9.59 Å². The van der Waals surface area contributed by atoms with Gasteiger partial charge in [0.05, 0.1) is 0 Å². The third-order valence-corrected chi connectivity index (χ3v) is 9.01. The second kappa shape index (κ2) is 35.3. The van der Waals surface area contributed by atoms with Crippen molar-refractivity contribution >= 4 is 11.8 Å². The van der Waals surface area contributed by atoms with Gasteiger partial charge in [-0.25, -0.2) is 0 Å². The summed E-state index contributed by atoms with van der Waals surface area (Å²) in [5.74, 6) is -0.127.